The molecule has 0 atom stereocenters. The fourth-order valence-corrected chi connectivity index (χ4v) is 7.92. The van der Waals surface area contributed by atoms with E-state index in [-0.39, 0.29) is 5.95 Å². The summed E-state index contributed by atoms with van der Waals surface area (Å²) in [5, 5.41) is 11.7. The number of ether oxygens (including phenoxy) is 4. The number of rotatable bonds is 7. The molecule has 0 amide bonds. The fourth-order valence-electron chi connectivity index (χ4n) is 7.92. The standard InChI is InChI=1S/C52H38N4O8/c1-61-49(57)33-13-5-29(6-14-33)45-37-21-23-39(53-37)46(30-7-15-34(16-8-30)50(58)62-2)41-25-27-43(55-41)48(32-11-19-36(20-12-32)52(60)64-4)44-28-26-42(56-44)47(40-24-22-38(45)54-40)31-9-17-35(18-10-31)51(59)63-3/h5-28,53,57H,1-4H3. The SMILES string of the molecule is COC(=O)c1ccc(C2=C3C=CC(=N3)C(c3ccc(C(=O)OC)cc3)=C3C=CC(=N3)C(=c3ccc(=C(O)OC)cc3)c3ccc([nH]3)C(c3ccc(C(=O)OC)cc3)=C3C=CC2=N3)cc1. The van der Waals surface area contributed by atoms with Crippen LogP contribution in [0.3, 0.4) is 0 Å². The van der Waals surface area contributed by atoms with Crippen LogP contribution < -0.4 is 10.4 Å². The molecule has 314 valence electrons. The van der Waals surface area contributed by atoms with Crippen LogP contribution in [-0.4, -0.2) is 73.6 Å². The number of aromatic nitrogens is 1. The predicted octanol–water partition coefficient (Wildman–Crippen LogP) is 7.47. The average Bonchev–Trinajstić information content (AvgIpc) is 4.20. The van der Waals surface area contributed by atoms with E-state index in [0.717, 1.165) is 44.4 Å². The predicted molar refractivity (Wildman–Crippen MR) is 245 cm³/mol. The molecule has 0 saturated heterocycles. The van der Waals surface area contributed by atoms with E-state index in [1.807, 2.05) is 97.1 Å². The molecule has 1 aromatic heterocycles. The maximum atomic E-state index is 12.5. The summed E-state index contributed by atoms with van der Waals surface area (Å²) in [6.45, 7) is 0. The van der Waals surface area contributed by atoms with Crippen molar-refractivity contribution in [2.45, 2.75) is 0 Å². The molecule has 0 spiro atoms. The third-order valence-electron chi connectivity index (χ3n) is 11.1. The van der Waals surface area contributed by atoms with Crippen LogP contribution in [0.2, 0.25) is 0 Å². The molecular weight excluding hydrogens is 809 g/mol. The van der Waals surface area contributed by atoms with Crippen LogP contribution in [-0.2, 0) is 18.9 Å². The van der Waals surface area contributed by atoms with Gasteiger partial charge in [-0.2, -0.15) is 0 Å². The van der Waals surface area contributed by atoms with Crippen molar-refractivity contribution < 1.29 is 38.4 Å². The number of aliphatic hydroxyl groups is 1. The molecule has 5 heterocycles. The topological polar surface area (TPSA) is 161 Å². The second-order valence-corrected chi connectivity index (χ2v) is 14.7. The number of aliphatic imine (C=N–C) groups is 3. The number of methoxy groups -OCH3 is 4. The first-order valence-corrected chi connectivity index (χ1v) is 20.1. The summed E-state index contributed by atoms with van der Waals surface area (Å²) in [6, 6.07) is 32.7. The normalized spacial score (nSPS) is 15.0. The molecule has 8 bridgehead atoms. The summed E-state index contributed by atoms with van der Waals surface area (Å²) in [6.07, 6.45) is 11.6. The summed E-state index contributed by atoms with van der Waals surface area (Å²) in [5.41, 5.74) is 11.7. The van der Waals surface area contributed by atoms with E-state index < -0.39 is 17.9 Å². The Balaban J connectivity index is 1.34. The van der Waals surface area contributed by atoms with Crippen LogP contribution in [0.15, 0.2) is 178 Å². The second kappa shape index (κ2) is 17.0. The van der Waals surface area contributed by atoms with E-state index in [1.54, 1.807) is 48.5 Å². The van der Waals surface area contributed by atoms with Gasteiger partial charge in [-0.3, -0.25) is 0 Å². The van der Waals surface area contributed by atoms with Gasteiger partial charge in [0.25, 0.3) is 5.95 Å². The lowest BCUT2D eigenvalue weighted by molar-refractivity contribution is 0.0592. The molecule has 9 rings (SSSR count). The van der Waals surface area contributed by atoms with Gasteiger partial charge in [0.1, 0.15) is 0 Å². The summed E-state index contributed by atoms with van der Waals surface area (Å²) < 4.78 is 20.0. The van der Waals surface area contributed by atoms with Crippen LogP contribution in [0.1, 0.15) is 59.2 Å². The number of nitrogens with one attached hydrogen (secondary N) is 1. The molecule has 0 radical (unpaired) electrons. The number of fused-ring (bicyclic) bond motifs is 5. The van der Waals surface area contributed by atoms with Crippen molar-refractivity contribution in [1.29, 1.82) is 0 Å². The van der Waals surface area contributed by atoms with Gasteiger partial charge in [-0.05, 0) is 119 Å². The molecule has 64 heavy (non-hydrogen) atoms. The van der Waals surface area contributed by atoms with E-state index >= 15 is 0 Å². The van der Waals surface area contributed by atoms with Crippen LogP contribution >= 0.6 is 0 Å². The Labute approximate surface area is 367 Å². The molecule has 0 saturated carbocycles. The first kappa shape index (κ1) is 40.7. The van der Waals surface area contributed by atoms with Crippen molar-refractivity contribution in [2.75, 3.05) is 28.4 Å². The molecule has 12 heteroatoms. The van der Waals surface area contributed by atoms with Crippen LogP contribution in [0.25, 0.3) is 28.2 Å². The van der Waals surface area contributed by atoms with Gasteiger partial charge in [-0.15, -0.1) is 0 Å². The highest BCUT2D eigenvalue weighted by atomic mass is 16.6. The lowest BCUT2D eigenvalue weighted by Crippen LogP contribution is -2.17. The smallest absolute Gasteiger partial charge is 0.337 e. The number of esters is 3. The zero-order valence-corrected chi connectivity index (χ0v) is 35.0. The van der Waals surface area contributed by atoms with Gasteiger partial charge in [0, 0.05) is 33.7 Å². The molecule has 2 N–H and O–H groups in total. The average molecular weight is 847 g/mol. The Kier molecular flexibility index (Phi) is 10.8. The number of hydrogen-bond acceptors (Lipinski definition) is 11. The summed E-state index contributed by atoms with van der Waals surface area (Å²) in [7, 11) is 5.43. The van der Waals surface area contributed by atoms with E-state index in [2.05, 4.69) is 4.98 Å². The molecule has 0 fully saturated rings. The maximum absolute atomic E-state index is 12.5. The maximum Gasteiger partial charge on any atom is 0.337 e. The highest BCUT2D eigenvalue weighted by Crippen LogP contribution is 2.38. The fraction of sp³-hybridized carbons (Fsp3) is 0.0769. The number of aliphatic hydroxyl groups excluding tert-OH is 1. The van der Waals surface area contributed by atoms with Crippen LogP contribution in [0, 0.1) is 0 Å². The first-order valence-electron chi connectivity index (χ1n) is 20.1. The minimum absolute atomic E-state index is 0.206. The van der Waals surface area contributed by atoms with Gasteiger partial charge in [-0.1, -0.05) is 48.5 Å². The van der Waals surface area contributed by atoms with Crippen LogP contribution in [0.4, 0.5) is 0 Å². The number of hydrogen-bond donors (Lipinski definition) is 2. The Hall–Kier alpha value is -8.64. The van der Waals surface area contributed by atoms with E-state index in [4.69, 9.17) is 33.9 Å². The van der Waals surface area contributed by atoms with Crippen LogP contribution in [0.5, 0.6) is 0 Å². The number of carbonyl (C=O) groups excluding carboxylic acids is 3. The lowest BCUT2D eigenvalue weighted by atomic mass is 9.97. The van der Waals surface area contributed by atoms with Crippen molar-refractivity contribution >= 4 is 63.3 Å². The Bertz CT molecular complexity index is 3200. The minimum atomic E-state index is -0.458. The largest absolute Gasteiger partial charge is 0.481 e. The minimum Gasteiger partial charge on any atom is -0.481 e. The number of H-pyrrole nitrogens is 1. The zero-order valence-electron chi connectivity index (χ0n) is 35.0. The highest BCUT2D eigenvalue weighted by molar-refractivity contribution is 6.37. The number of benzene rings is 4. The van der Waals surface area contributed by atoms with Crippen molar-refractivity contribution in [3.8, 4) is 0 Å². The summed E-state index contributed by atoms with van der Waals surface area (Å²) in [4.78, 5) is 57.0. The van der Waals surface area contributed by atoms with Crippen molar-refractivity contribution in [3.63, 3.8) is 0 Å². The molecule has 4 aromatic carbocycles. The molecule has 0 unspecified atom stereocenters. The number of nitrogens with zero attached hydrogens (tertiary/aromatic N) is 3. The van der Waals surface area contributed by atoms with Gasteiger partial charge in [-0.25, -0.2) is 29.4 Å². The Morgan fingerprint density at radius 1 is 0.422 bits per heavy atom. The van der Waals surface area contributed by atoms with E-state index in [1.165, 1.54) is 28.4 Å². The highest BCUT2D eigenvalue weighted by Gasteiger charge is 2.27. The number of allylic oxidation sites excluding steroid dienone is 8. The Morgan fingerprint density at radius 2 is 0.781 bits per heavy atom. The van der Waals surface area contributed by atoms with E-state index in [9.17, 15) is 19.5 Å². The third-order valence-corrected chi connectivity index (χ3v) is 11.1. The van der Waals surface area contributed by atoms with Gasteiger partial charge in [0.15, 0.2) is 0 Å². The second-order valence-electron chi connectivity index (χ2n) is 14.7. The van der Waals surface area contributed by atoms with Crippen molar-refractivity contribution in [1.82, 2.24) is 4.98 Å². The molecule has 4 aliphatic heterocycles. The molecule has 4 aliphatic rings. The monoisotopic (exact) mass is 846 g/mol. The first-order chi connectivity index (χ1) is 31.2. The van der Waals surface area contributed by atoms with Gasteiger partial charge in [0.05, 0.1) is 84.6 Å². The van der Waals surface area contributed by atoms with Crippen molar-refractivity contribution in [3.05, 3.63) is 218 Å². The van der Waals surface area contributed by atoms with Gasteiger partial charge in [0.2, 0.25) is 0 Å². The van der Waals surface area contributed by atoms with Crippen molar-refractivity contribution in [2.24, 2.45) is 15.0 Å². The zero-order chi connectivity index (χ0) is 44.5. The molecule has 0 aliphatic carbocycles. The quantitative estimate of drug-likeness (QED) is 0.126. The molecule has 5 aromatic rings. The summed E-state index contributed by atoms with van der Waals surface area (Å²) in [5.74, 6) is -1.57. The lowest BCUT2D eigenvalue weighted by Gasteiger charge is -2.13. The van der Waals surface area contributed by atoms with Gasteiger partial charge < -0.3 is 29.0 Å². The molecular formula is C52H38N4O8. The Morgan fingerprint density at radius 3 is 1.17 bits per heavy atom. The number of aromatic amines is 1. The molecule has 12 nitrogen and oxygen atoms in total. The summed E-state index contributed by atoms with van der Waals surface area (Å²) >= 11 is 0. The number of carbonyl (C=O) groups is 3. The third kappa shape index (κ3) is 7.53. The van der Waals surface area contributed by atoms with E-state index in [0.29, 0.717) is 67.3 Å². The van der Waals surface area contributed by atoms with Gasteiger partial charge >= 0.3 is 17.9 Å².